The van der Waals surface area contributed by atoms with Crippen LogP contribution in [0.1, 0.15) is 5.56 Å². The standard InChI is InChI=1S/C7H9OP/c8-9-6-7-4-2-1-3-5-7/h1-5H,6,9H2. The highest BCUT2D eigenvalue weighted by molar-refractivity contribution is 7.22. The van der Waals surface area contributed by atoms with E-state index in [4.69, 9.17) is 0 Å². The van der Waals surface area contributed by atoms with E-state index in [9.17, 15) is 4.57 Å². The highest BCUT2D eigenvalue weighted by Crippen LogP contribution is 2.06. The average molecular weight is 140 g/mol. The van der Waals surface area contributed by atoms with Gasteiger partial charge >= 0.3 is 0 Å². The van der Waals surface area contributed by atoms with Crippen LogP contribution in [0.5, 0.6) is 0 Å². The van der Waals surface area contributed by atoms with E-state index in [0.717, 1.165) is 6.16 Å². The first-order chi connectivity index (χ1) is 4.43. The average Bonchev–Trinajstić information content (AvgIpc) is 1.91. The van der Waals surface area contributed by atoms with E-state index in [1.165, 1.54) is 5.56 Å². The van der Waals surface area contributed by atoms with Crippen LogP contribution < -0.4 is 0 Å². The Morgan fingerprint density at radius 3 is 2.44 bits per heavy atom. The van der Waals surface area contributed by atoms with Gasteiger partial charge in [-0.25, -0.2) is 0 Å². The van der Waals surface area contributed by atoms with Gasteiger partial charge in [0, 0.05) is 6.16 Å². The van der Waals surface area contributed by atoms with Crippen LogP contribution in [0, 0.1) is 0 Å². The van der Waals surface area contributed by atoms with E-state index in [0.29, 0.717) is 0 Å². The van der Waals surface area contributed by atoms with Crippen molar-refractivity contribution < 1.29 is 4.57 Å². The van der Waals surface area contributed by atoms with Crippen molar-refractivity contribution in [2.75, 3.05) is 0 Å². The number of hydrogen-bond acceptors (Lipinski definition) is 1. The zero-order valence-electron chi connectivity index (χ0n) is 5.08. The first-order valence-corrected chi connectivity index (χ1v) is 4.20. The molecule has 0 N–H and O–H groups in total. The Hall–Kier alpha value is -0.550. The van der Waals surface area contributed by atoms with Crippen molar-refractivity contribution in [1.82, 2.24) is 0 Å². The topological polar surface area (TPSA) is 17.1 Å². The minimum atomic E-state index is -0.625. The second kappa shape index (κ2) is 3.47. The fourth-order valence-electron chi connectivity index (χ4n) is 0.710. The summed E-state index contributed by atoms with van der Waals surface area (Å²) in [4.78, 5) is 0. The Balaban J connectivity index is 2.72. The molecule has 0 radical (unpaired) electrons. The quantitative estimate of drug-likeness (QED) is 0.574. The van der Waals surface area contributed by atoms with Gasteiger partial charge in [0.2, 0.25) is 0 Å². The molecule has 1 rings (SSSR count). The number of rotatable bonds is 2. The van der Waals surface area contributed by atoms with Crippen molar-refractivity contribution >= 4 is 8.46 Å². The van der Waals surface area contributed by atoms with Crippen LogP contribution >= 0.6 is 8.46 Å². The predicted molar refractivity (Wildman–Crippen MR) is 40.5 cm³/mol. The zero-order valence-corrected chi connectivity index (χ0v) is 6.23. The van der Waals surface area contributed by atoms with Crippen molar-refractivity contribution in [2.24, 2.45) is 0 Å². The van der Waals surface area contributed by atoms with E-state index in [1.807, 2.05) is 30.3 Å². The van der Waals surface area contributed by atoms with Crippen LogP contribution in [0.15, 0.2) is 30.3 Å². The summed E-state index contributed by atoms with van der Waals surface area (Å²) in [6.45, 7) is 0. The minimum absolute atomic E-state index is 0.625. The summed E-state index contributed by atoms with van der Waals surface area (Å²) in [5, 5.41) is 0. The summed E-state index contributed by atoms with van der Waals surface area (Å²) in [7, 11) is -0.625. The van der Waals surface area contributed by atoms with Gasteiger partial charge in [-0.2, -0.15) is 0 Å². The molecule has 48 valence electrons. The van der Waals surface area contributed by atoms with Gasteiger partial charge in [0.25, 0.3) is 0 Å². The van der Waals surface area contributed by atoms with Crippen LogP contribution in [0.4, 0.5) is 0 Å². The molecule has 0 bridgehead atoms. The van der Waals surface area contributed by atoms with E-state index in [2.05, 4.69) is 0 Å². The third-order valence-electron chi connectivity index (χ3n) is 1.16. The molecule has 1 aromatic rings. The molecule has 2 heteroatoms. The van der Waals surface area contributed by atoms with E-state index < -0.39 is 8.46 Å². The summed E-state index contributed by atoms with van der Waals surface area (Å²) >= 11 is 0. The van der Waals surface area contributed by atoms with Crippen LogP contribution in [0.2, 0.25) is 0 Å². The Morgan fingerprint density at radius 1 is 1.22 bits per heavy atom. The summed E-state index contributed by atoms with van der Waals surface area (Å²) in [5.74, 6) is 0. The molecule has 0 aliphatic rings. The Labute approximate surface area is 55.9 Å². The molecule has 0 amide bonds. The zero-order chi connectivity index (χ0) is 6.53. The van der Waals surface area contributed by atoms with Gasteiger partial charge in [-0.3, -0.25) is 0 Å². The first kappa shape index (κ1) is 6.57. The summed E-state index contributed by atoms with van der Waals surface area (Å²) in [6.07, 6.45) is 0.737. The maximum Gasteiger partial charge on any atom is 0.0687 e. The highest BCUT2D eigenvalue weighted by Gasteiger charge is 1.83. The van der Waals surface area contributed by atoms with E-state index >= 15 is 0 Å². The van der Waals surface area contributed by atoms with Gasteiger partial charge in [-0.05, 0) is 5.56 Å². The lowest BCUT2D eigenvalue weighted by Crippen LogP contribution is -1.71. The number of hydrogen-bond donors (Lipinski definition) is 0. The maximum absolute atomic E-state index is 10.2. The molecule has 0 aliphatic heterocycles. The highest BCUT2D eigenvalue weighted by atomic mass is 31.1. The van der Waals surface area contributed by atoms with Crippen LogP contribution in [-0.4, -0.2) is 0 Å². The Kier molecular flexibility index (Phi) is 2.53. The van der Waals surface area contributed by atoms with E-state index in [-0.39, 0.29) is 0 Å². The van der Waals surface area contributed by atoms with Gasteiger partial charge < -0.3 is 4.57 Å². The molecule has 0 spiro atoms. The molecule has 0 fully saturated rings. The molecule has 0 saturated carbocycles. The number of benzene rings is 1. The Bertz CT molecular complexity index is 183. The fourth-order valence-corrected chi connectivity index (χ4v) is 1.17. The molecule has 1 atom stereocenters. The minimum Gasteiger partial charge on any atom is -0.330 e. The van der Waals surface area contributed by atoms with Gasteiger partial charge in [-0.1, -0.05) is 30.3 Å². The van der Waals surface area contributed by atoms with Crippen molar-refractivity contribution in [2.45, 2.75) is 6.16 Å². The predicted octanol–water partition coefficient (Wildman–Crippen LogP) is 1.94. The fraction of sp³-hybridized carbons (Fsp3) is 0.143. The van der Waals surface area contributed by atoms with Gasteiger partial charge in [0.15, 0.2) is 0 Å². The summed E-state index contributed by atoms with van der Waals surface area (Å²) in [5.41, 5.74) is 1.17. The first-order valence-electron chi connectivity index (χ1n) is 2.91. The Morgan fingerprint density at radius 2 is 1.89 bits per heavy atom. The molecule has 0 heterocycles. The third-order valence-corrected chi connectivity index (χ3v) is 1.80. The largest absolute Gasteiger partial charge is 0.330 e. The second-order valence-electron chi connectivity index (χ2n) is 1.86. The summed E-state index contributed by atoms with van der Waals surface area (Å²) < 4.78 is 10.2. The molecular formula is C7H9OP. The molecule has 0 aliphatic carbocycles. The van der Waals surface area contributed by atoms with Crippen molar-refractivity contribution in [3.8, 4) is 0 Å². The van der Waals surface area contributed by atoms with E-state index in [1.54, 1.807) is 0 Å². The molecular weight excluding hydrogens is 131 g/mol. The van der Waals surface area contributed by atoms with Gasteiger partial charge in [0.05, 0.1) is 8.46 Å². The smallest absolute Gasteiger partial charge is 0.0687 e. The SMILES string of the molecule is O=[PH2]Cc1ccccc1. The van der Waals surface area contributed by atoms with Crippen molar-refractivity contribution in [1.29, 1.82) is 0 Å². The lowest BCUT2D eigenvalue weighted by atomic mass is 10.2. The lowest BCUT2D eigenvalue weighted by Gasteiger charge is -1.89. The summed E-state index contributed by atoms with van der Waals surface area (Å²) in [6, 6.07) is 9.87. The molecule has 1 aromatic carbocycles. The molecule has 0 saturated heterocycles. The molecule has 1 nitrogen and oxygen atoms in total. The van der Waals surface area contributed by atoms with Gasteiger partial charge in [-0.15, -0.1) is 0 Å². The molecule has 1 unspecified atom stereocenters. The normalized spacial score (nSPS) is 10.7. The molecule has 9 heavy (non-hydrogen) atoms. The van der Waals surface area contributed by atoms with Crippen LogP contribution in [0.3, 0.4) is 0 Å². The lowest BCUT2D eigenvalue weighted by molar-refractivity contribution is 0.598. The third kappa shape index (κ3) is 2.03. The van der Waals surface area contributed by atoms with Crippen molar-refractivity contribution in [3.63, 3.8) is 0 Å². The monoisotopic (exact) mass is 140 g/mol. The van der Waals surface area contributed by atoms with Crippen molar-refractivity contribution in [3.05, 3.63) is 35.9 Å². The van der Waals surface area contributed by atoms with Crippen LogP contribution in [0.25, 0.3) is 0 Å². The maximum atomic E-state index is 10.2. The van der Waals surface area contributed by atoms with Gasteiger partial charge in [0.1, 0.15) is 0 Å². The second-order valence-corrected chi connectivity index (χ2v) is 2.60. The van der Waals surface area contributed by atoms with Crippen LogP contribution in [-0.2, 0) is 10.7 Å². The molecule has 0 aromatic heterocycles.